The summed E-state index contributed by atoms with van der Waals surface area (Å²) in [5.41, 5.74) is 2.15. The fraction of sp³-hybridized carbons (Fsp3) is 0.333. The summed E-state index contributed by atoms with van der Waals surface area (Å²) in [6.45, 7) is 5.08. The molecule has 0 atom stereocenters. The number of aromatic nitrogens is 3. The Morgan fingerprint density at radius 3 is 2.47 bits per heavy atom. The summed E-state index contributed by atoms with van der Waals surface area (Å²) in [4.78, 5) is 0.197. The van der Waals surface area contributed by atoms with Crippen molar-refractivity contribution < 1.29 is 8.42 Å². The molecule has 6 nitrogen and oxygen atoms in total. The number of hydrogen-bond acceptors (Lipinski definition) is 5. The number of aryl methyl sites for hydroxylation is 3. The third-order valence-electron chi connectivity index (χ3n) is 2.32. The molecule has 0 aliphatic carbocycles. The van der Waals surface area contributed by atoms with Gasteiger partial charge < -0.3 is 0 Å². The number of nitrogens with zero attached hydrogens (tertiary/aromatic N) is 2. The van der Waals surface area contributed by atoms with Crippen LogP contribution < -0.4 is 4.72 Å². The molecule has 2 aromatic heterocycles. The lowest BCUT2D eigenvalue weighted by Gasteiger charge is -2.06. The van der Waals surface area contributed by atoms with E-state index < -0.39 is 10.0 Å². The second kappa shape index (κ2) is 4.11. The molecule has 0 aliphatic heterocycles. The van der Waals surface area contributed by atoms with Gasteiger partial charge in [-0.25, -0.2) is 8.42 Å². The maximum atomic E-state index is 12.2. The highest BCUT2D eigenvalue weighted by atomic mass is 32.2. The first-order chi connectivity index (χ1) is 7.92. The van der Waals surface area contributed by atoms with E-state index in [0.717, 1.165) is 0 Å². The molecule has 92 valence electrons. The summed E-state index contributed by atoms with van der Waals surface area (Å²) in [5, 5.41) is 8.20. The zero-order valence-corrected chi connectivity index (χ0v) is 11.2. The minimum absolute atomic E-state index is 0.197. The predicted molar refractivity (Wildman–Crippen MR) is 65.7 cm³/mol. The molecule has 2 N–H and O–H groups in total. The molecule has 0 aliphatic rings. The van der Waals surface area contributed by atoms with E-state index in [0.29, 0.717) is 22.8 Å². The summed E-state index contributed by atoms with van der Waals surface area (Å²) in [7, 11) is -3.60. The minimum atomic E-state index is -3.60. The Morgan fingerprint density at radius 2 is 2.00 bits per heavy atom. The second-order valence-electron chi connectivity index (χ2n) is 3.68. The molecule has 0 bridgehead atoms. The molecule has 17 heavy (non-hydrogen) atoms. The summed E-state index contributed by atoms with van der Waals surface area (Å²) in [6, 6.07) is 0. The lowest BCUT2D eigenvalue weighted by Crippen LogP contribution is -2.14. The third-order valence-corrected chi connectivity index (χ3v) is 4.67. The van der Waals surface area contributed by atoms with Crippen molar-refractivity contribution in [1.29, 1.82) is 0 Å². The van der Waals surface area contributed by atoms with Crippen LogP contribution in [-0.4, -0.2) is 23.0 Å². The topological polar surface area (TPSA) is 87.7 Å². The minimum Gasteiger partial charge on any atom is -0.281 e. The first-order valence-electron chi connectivity index (χ1n) is 4.87. The average molecular weight is 272 g/mol. The largest absolute Gasteiger partial charge is 0.281 e. The maximum Gasteiger partial charge on any atom is 0.265 e. The van der Waals surface area contributed by atoms with Crippen LogP contribution in [-0.2, 0) is 10.0 Å². The Bertz CT molecular complexity index is 622. The van der Waals surface area contributed by atoms with Crippen molar-refractivity contribution >= 4 is 27.2 Å². The number of rotatable bonds is 3. The van der Waals surface area contributed by atoms with Gasteiger partial charge in [0, 0.05) is 5.38 Å². The fourth-order valence-electron chi connectivity index (χ4n) is 1.52. The molecular weight excluding hydrogens is 260 g/mol. The van der Waals surface area contributed by atoms with Gasteiger partial charge in [-0.15, -0.1) is 0 Å². The van der Waals surface area contributed by atoms with Gasteiger partial charge in [0.05, 0.1) is 22.8 Å². The van der Waals surface area contributed by atoms with Crippen molar-refractivity contribution in [3.05, 3.63) is 22.5 Å². The lowest BCUT2D eigenvalue weighted by atomic mass is 10.4. The first-order valence-corrected chi connectivity index (χ1v) is 7.19. The molecular formula is C9H12N4O2S2. The molecule has 2 rings (SSSR count). The van der Waals surface area contributed by atoms with E-state index >= 15 is 0 Å². The zero-order valence-electron chi connectivity index (χ0n) is 9.60. The summed E-state index contributed by atoms with van der Waals surface area (Å²) in [5.74, 6) is 0. The Morgan fingerprint density at radius 1 is 1.29 bits per heavy atom. The molecule has 2 aromatic rings. The normalized spacial score (nSPS) is 11.7. The predicted octanol–water partition coefficient (Wildman–Crippen LogP) is 1.59. The molecule has 0 spiro atoms. The lowest BCUT2D eigenvalue weighted by molar-refractivity contribution is 0.600. The summed E-state index contributed by atoms with van der Waals surface area (Å²) in [6.07, 6.45) is 0. The van der Waals surface area contributed by atoms with E-state index in [1.165, 1.54) is 11.5 Å². The van der Waals surface area contributed by atoms with Gasteiger partial charge >= 0.3 is 0 Å². The van der Waals surface area contributed by atoms with Gasteiger partial charge in [0.25, 0.3) is 10.0 Å². The van der Waals surface area contributed by atoms with Crippen molar-refractivity contribution in [2.24, 2.45) is 0 Å². The molecule has 0 saturated carbocycles. The molecule has 0 fully saturated rings. The van der Waals surface area contributed by atoms with Gasteiger partial charge in [-0.3, -0.25) is 9.82 Å². The van der Waals surface area contributed by atoms with Crippen molar-refractivity contribution in [1.82, 2.24) is 14.6 Å². The van der Waals surface area contributed by atoms with Gasteiger partial charge in [0.2, 0.25) is 0 Å². The Kier molecular flexibility index (Phi) is 2.92. The van der Waals surface area contributed by atoms with E-state index in [2.05, 4.69) is 19.3 Å². The first kappa shape index (κ1) is 12.1. The van der Waals surface area contributed by atoms with Crippen LogP contribution in [0.15, 0.2) is 10.3 Å². The van der Waals surface area contributed by atoms with Gasteiger partial charge in [0.15, 0.2) is 0 Å². The van der Waals surface area contributed by atoms with Crippen LogP contribution in [0.25, 0.3) is 0 Å². The van der Waals surface area contributed by atoms with Crippen LogP contribution in [0.5, 0.6) is 0 Å². The van der Waals surface area contributed by atoms with Crippen LogP contribution in [0, 0.1) is 20.8 Å². The van der Waals surface area contributed by atoms with E-state index in [4.69, 9.17) is 0 Å². The van der Waals surface area contributed by atoms with E-state index in [-0.39, 0.29) is 4.90 Å². The van der Waals surface area contributed by atoms with Crippen molar-refractivity contribution in [2.75, 3.05) is 4.72 Å². The van der Waals surface area contributed by atoms with E-state index in [1.54, 1.807) is 26.2 Å². The highest BCUT2D eigenvalue weighted by molar-refractivity contribution is 7.92. The van der Waals surface area contributed by atoms with Crippen molar-refractivity contribution in [2.45, 2.75) is 25.7 Å². The van der Waals surface area contributed by atoms with Crippen LogP contribution >= 0.6 is 11.5 Å². The highest BCUT2D eigenvalue weighted by Gasteiger charge is 2.23. The molecule has 0 radical (unpaired) electrons. The van der Waals surface area contributed by atoms with E-state index in [9.17, 15) is 8.42 Å². The van der Waals surface area contributed by atoms with Crippen LogP contribution in [0.1, 0.15) is 17.1 Å². The Balaban J connectivity index is 2.42. The van der Waals surface area contributed by atoms with Gasteiger partial charge in [0.1, 0.15) is 4.90 Å². The molecule has 0 amide bonds. The highest BCUT2D eigenvalue weighted by Crippen LogP contribution is 2.23. The third kappa shape index (κ3) is 2.18. The maximum absolute atomic E-state index is 12.2. The number of anilines is 1. The monoisotopic (exact) mass is 272 g/mol. The Labute approximate surface area is 103 Å². The second-order valence-corrected chi connectivity index (χ2v) is 5.93. The number of H-pyrrole nitrogens is 1. The van der Waals surface area contributed by atoms with Crippen molar-refractivity contribution in [3.63, 3.8) is 0 Å². The van der Waals surface area contributed by atoms with Crippen LogP contribution in [0.2, 0.25) is 0 Å². The van der Waals surface area contributed by atoms with Crippen molar-refractivity contribution in [3.8, 4) is 0 Å². The molecule has 0 aromatic carbocycles. The molecule has 2 heterocycles. The zero-order chi connectivity index (χ0) is 12.6. The van der Waals surface area contributed by atoms with Crippen LogP contribution in [0.4, 0.5) is 5.69 Å². The van der Waals surface area contributed by atoms with Gasteiger partial charge in [-0.2, -0.15) is 9.47 Å². The standard InChI is InChI=1S/C9H12N4O2S2/c1-5-8(4-16-12-5)13-17(14,15)9-6(2)10-11-7(9)3/h4,13H,1-3H3,(H,10,11). The SMILES string of the molecule is Cc1nscc1NS(=O)(=O)c1c(C)n[nH]c1C. The average Bonchev–Trinajstić information content (AvgIpc) is 2.74. The number of hydrogen-bond donors (Lipinski definition) is 2. The molecule has 0 unspecified atom stereocenters. The van der Waals surface area contributed by atoms with Gasteiger partial charge in [-0.1, -0.05) is 0 Å². The van der Waals surface area contributed by atoms with Crippen LogP contribution in [0.3, 0.4) is 0 Å². The Hall–Kier alpha value is -1.41. The number of aromatic amines is 1. The molecule has 8 heteroatoms. The summed E-state index contributed by atoms with van der Waals surface area (Å²) >= 11 is 1.21. The molecule has 0 saturated heterocycles. The quantitative estimate of drug-likeness (QED) is 0.888. The summed E-state index contributed by atoms with van der Waals surface area (Å²) < 4.78 is 30.8. The van der Waals surface area contributed by atoms with Gasteiger partial charge in [-0.05, 0) is 32.3 Å². The number of nitrogens with one attached hydrogen (secondary N) is 2. The number of sulfonamides is 1. The smallest absolute Gasteiger partial charge is 0.265 e. The fourth-order valence-corrected chi connectivity index (χ4v) is 3.72. The van der Waals surface area contributed by atoms with E-state index in [1.807, 2.05) is 0 Å².